The first-order valence-corrected chi connectivity index (χ1v) is 12.0. The first kappa shape index (κ1) is 21.6. The molecule has 0 aliphatic rings. The number of benzene rings is 2. The summed E-state index contributed by atoms with van der Waals surface area (Å²) < 4.78 is 38.6. The van der Waals surface area contributed by atoms with Crippen LogP contribution < -0.4 is 9.47 Å². The van der Waals surface area contributed by atoms with Crippen molar-refractivity contribution in [1.82, 2.24) is 13.9 Å². The molecule has 0 amide bonds. The maximum Gasteiger partial charge on any atom is 0.270 e. The Morgan fingerprint density at radius 2 is 1.65 bits per heavy atom. The predicted octanol–water partition coefficient (Wildman–Crippen LogP) is 4.08. The van der Waals surface area contributed by atoms with Gasteiger partial charge in [0.2, 0.25) is 0 Å². The number of hydrogen-bond donors (Lipinski definition) is 0. The normalized spacial score (nSPS) is 11.6. The van der Waals surface area contributed by atoms with Crippen molar-refractivity contribution in [2.45, 2.75) is 17.7 Å². The summed E-state index contributed by atoms with van der Waals surface area (Å²) in [5.41, 5.74) is 2.70. The van der Waals surface area contributed by atoms with Crippen LogP contribution in [0.15, 0.2) is 65.7 Å². The van der Waals surface area contributed by atoms with Crippen LogP contribution in [0.4, 0.5) is 0 Å². The third kappa shape index (κ3) is 4.38. The van der Waals surface area contributed by atoms with Crippen LogP contribution in [0.2, 0.25) is 0 Å². The molecule has 31 heavy (non-hydrogen) atoms. The zero-order valence-electron chi connectivity index (χ0n) is 16.9. The van der Waals surface area contributed by atoms with Crippen LogP contribution in [-0.4, -0.2) is 36.6 Å². The molecule has 7 nitrogen and oxygen atoms in total. The van der Waals surface area contributed by atoms with Gasteiger partial charge in [-0.05, 0) is 71.3 Å². The molecule has 0 saturated heterocycles. The average Bonchev–Trinajstić information content (AvgIpc) is 3.13. The molecular formula is C22H20IN3O4S. The van der Waals surface area contributed by atoms with Crippen molar-refractivity contribution in [2.24, 2.45) is 0 Å². The van der Waals surface area contributed by atoms with E-state index in [2.05, 4.69) is 9.97 Å². The van der Waals surface area contributed by atoms with Gasteiger partial charge in [-0.15, -0.1) is 0 Å². The molecule has 2 aromatic carbocycles. The van der Waals surface area contributed by atoms with E-state index in [1.54, 1.807) is 56.8 Å². The van der Waals surface area contributed by atoms with E-state index in [1.807, 2.05) is 40.8 Å². The van der Waals surface area contributed by atoms with E-state index in [0.717, 1.165) is 22.8 Å². The first-order chi connectivity index (χ1) is 14.9. The summed E-state index contributed by atoms with van der Waals surface area (Å²) in [6.45, 7) is 0. The molecule has 0 aliphatic carbocycles. The Morgan fingerprint density at radius 1 is 0.968 bits per heavy atom. The Bertz CT molecular complexity index is 1320. The number of fused-ring (bicyclic) bond motifs is 1. The second-order valence-corrected chi connectivity index (χ2v) is 9.73. The smallest absolute Gasteiger partial charge is 0.270 e. The molecule has 160 valence electrons. The van der Waals surface area contributed by atoms with Crippen LogP contribution in [0, 0.1) is 3.70 Å². The molecule has 2 heterocycles. The highest BCUT2D eigenvalue weighted by Crippen LogP contribution is 2.26. The number of rotatable bonds is 7. The number of methoxy groups -OCH3 is 2. The van der Waals surface area contributed by atoms with E-state index in [1.165, 1.54) is 3.97 Å². The zero-order valence-corrected chi connectivity index (χ0v) is 19.9. The molecule has 0 unspecified atom stereocenters. The van der Waals surface area contributed by atoms with Crippen LogP contribution >= 0.6 is 22.6 Å². The van der Waals surface area contributed by atoms with E-state index in [9.17, 15) is 8.42 Å². The summed E-state index contributed by atoms with van der Waals surface area (Å²) in [6, 6.07) is 15.8. The van der Waals surface area contributed by atoms with Crippen LogP contribution in [0.25, 0.3) is 11.2 Å². The fourth-order valence-electron chi connectivity index (χ4n) is 3.29. The molecule has 2 aromatic heterocycles. The third-order valence-electron chi connectivity index (χ3n) is 4.83. The van der Waals surface area contributed by atoms with Gasteiger partial charge in [-0.2, -0.15) is 0 Å². The minimum Gasteiger partial charge on any atom is -0.497 e. The minimum atomic E-state index is -3.76. The van der Waals surface area contributed by atoms with Gasteiger partial charge in [0.25, 0.3) is 10.0 Å². The number of nitrogens with zero attached hydrogens (tertiary/aromatic N) is 3. The lowest BCUT2D eigenvalue weighted by molar-refractivity contribution is 0.393. The second-order valence-electron chi connectivity index (χ2n) is 6.84. The molecule has 9 heteroatoms. The maximum absolute atomic E-state index is 13.1. The monoisotopic (exact) mass is 549 g/mol. The fourth-order valence-corrected chi connectivity index (χ4v) is 5.96. The molecule has 0 spiro atoms. The molecule has 0 radical (unpaired) electrons. The minimum absolute atomic E-state index is 0.211. The van der Waals surface area contributed by atoms with Gasteiger partial charge >= 0.3 is 0 Å². The van der Waals surface area contributed by atoms with Crippen molar-refractivity contribution in [3.05, 3.63) is 75.8 Å². The van der Waals surface area contributed by atoms with Crippen molar-refractivity contribution in [3.63, 3.8) is 0 Å². The van der Waals surface area contributed by atoms with Crippen LogP contribution in [0.3, 0.4) is 0 Å². The topological polar surface area (TPSA) is 83.3 Å². The number of ether oxygens (including phenoxy) is 2. The lowest BCUT2D eigenvalue weighted by Gasteiger charge is -2.09. The van der Waals surface area contributed by atoms with Crippen molar-refractivity contribution < 1.29 is 17.9 Å². The fraction of sp³-hybridized carbons (Fsp3) is 0.182. The van der Waals surface area contributed by atoms with E-state index in [4.69, 9.17) is 9.47 Å². The van der Waals surface area contributed by atoms with E-state index < -0.39 is 10.0 Å². The molecule has 0 N–H and O–H groups in total. The van der Waals surface area contributed by atoms with Crippen molar-refractivity contribution in [1.29, 1.82) is 0 Å². The van der Waals surface area contributed by atoms with Gasteiger partial charge in [0.1, 0.15) is 17.0 Å². The Labute approximate surface area is 194 Å². The molecule has 4 aromatic rings. The number of aryl methyl sites for hydroxylation is 2. The van der Waals surface area contributed by atoms with E-state index in [0.29, 0.717) is 27.7 Å². The number of halogens is 1. The summed E-state index contributed by atoms with van der Waals surface area (Å²) in [7, 11) is -0.520. The molecule has 4 rings (SSSR count). The molecule has 0 atom stereocenters. The quantitative estimate of drug-likeness (QED) is 0.324. The molecule has 0 aliphatic heterocycles. The van der Waals surface area contributed by atoms with Crippen molar-refractivity contribution in [2.75, 3.05) is 14.2 Å². The number of aromatic nitrogens is 3. The Hall–Kier alpha value is -2.66. The van der Waals surface area contributed by atoms with Crippen LogP contribution in [-0.2, 0) is 22.9 Å². The number of hydrogen-bond acceptors (Lipinski definition) is 6. The van der Waals surface area contributed by atoms with Gasteiger partial charge in [0.05, 0.1) is 34.7 Å². The van der Waals surface area contributed by atoms with Crippen LogP contribution in [0.1, 0.15) is 11.3 Å². The largest absolute Gasteiger partial charge is 0.497 e. The third-order valence-corrected chi connectivity index (χ3v) is 7.67. The summed E-state index contributed by atoms with van der Waals surface area (Å²) >= 11 is 2.00. The standard InChI is InChI=1S/C22H20IN3O4S/c1-29-17-10-15(11-18(12-17)30-2)8-9-16-14-24-22-20(25-16)13-21(23)26(22)31(27,28)19-6-4-3-5-7-19/h3-7,10-14H,8-9H2,1-2H3. The Morgan fingerprint density at radius 3 is 2.29 bits per heavy atom. The van der Waals surface area contributed by atoms with Gasteiger partial charge in [-0.1, -0.05) is 18.2 Å². The zero-order chi connectivity index (χ0) is 22.0. The molecule has 0 fully saturated rings. The van der Waals surface area contributed by atoms with Gasteiger partial charge in [0, 0.05) is 6.07 Å². The van der Waals surface area contributed by atoms with Gasteiger partial charge in [-0.3, -0.25) is 0 Å². The molecule has 0 saturated carbocycles. The van der Waals surface area contributed by atoms with Gasteiger partial charge < -0.3 is 9.47 Å². The van der Waals surface area contributed by atoms with Gasteiger partial charge in [0.15, 0.2) is 5.65 Å². The highest BCUT2D eigenvalue weighted by molar-refractivity contribution is 14.1. The lowest BCUT2D eigenvalue weighted by Crippen LogP contribution is -2.15. The van der Waals surface area contributed by atoms with Gasteiger partial charge in [-0.25, -0.2) is 22.4 Å². The van der Waals surface area contributed by atoms with Crippen molar-refractivity contribution in [3.8, 4) is 11.5 Å². The SMILES string of the molecule is COc1cc(CCc2cnc3c(cc(I)n3S(=O)(=O)c3ccccc3)n2)cc(OC)c1. The maximum atomic E-state index is 13.1. The van der Waals surface area contributed by atoms with E-state index in [-0.39, 0.29) is 4.90 Å². The average molecular weight is 549 g/mol. The Kier molecular flexibility index (Phi) is 6.15. The molecule has 0 bridgehead atoms. The summed E-state index contributed by atoms with van der Waals surface area (Å²) in [4.78, 5) is 9.30. The molecular weight excluding hydrogens is 529 g/mol. The Balaban J connectivity index is 1.63. The highest BCUT2D eigenvalue weighted by atomic mass is 127. The summed E-state index contributed by atoms with van der Waals surface area (Å²) in [6.07, 6.45) is 2.99. The summed E-state index contributed by atoms with van der Waals surface area (Å²) in [5.74, 6) is 1.46. The highest BCUT2D eigenvalue weighted by Gasteiger charge is 2.23. The van der Waals surface area contributed by atoms with Crippen LogP contribution in [0.5, 0.6) is 11.5 Å². The summed E-state index contributed by atoms with van der Waals surface area (Å²) in [5, 5.41) is 0. The van der Waals surface area contributed by atoms with E-state index >= 15 is 0 Å². The predicted molar refractivity (Wildman–Crippen MR) is 126 cm³/mol. The van der Waals surface area contributed by atoms with Crippen molar-refractivity contribution >= 4 is 43.8 Å². The second kappa shape index (κ2) is 8.83. The first-order valence-electron chi connectivity index (χ1n) is 9.48. The lowest BCUT2D eigenvalue weighted by atomic mass is 10.1.